The molecule has 4 heteroatoms. The van der Waals surface area contributed by atoms with Gasteiger partial charge in [-0.25, -0.2) is 4.98 Å². The first kappa shape index (κ1) is 14.1. The minimum atomic E-state index is 0.157. The average Bonchev–Trinajstić information content (AvgIpc) is 3.27. The molecule has 1 saturated carbocycles. The standard InChI is InChI=1S/C17H23N3O/c1-3-13(4-2)17(21)20(14-8-9-14)12-15-11-18-16-7-5-6-10-19(15)16/h5-7,10-11,13-14H,3-4,8-9,12H2,1-2H3. The summed E-state index contributed by atoms with van der Waals surface area (Å²) in [5.74, 6) is 0.471. The quantitative estimate of drug-likeness (QED) is 0.817. The zero-order valence-electron chi connectivity index (χ0n) is 12.8. The van der Waals surface area contributed by atoms with E-state index in [4.69, 9.17) is 0 Å². The minimum absolute atomic E-state index is 0.157. The van der Waals surface area contributed by atoms with E-state index in [-0.39, 0.29) is 5.92 Å². The minimum Gasteiger partial charge on any atom is -0.334 e. The van der Waals surface area contributed by atoms with E-state index < -0.39 is 0 Å². The van der Waals surface area contributed by atoms with E-state index in [1.165, 1.54) is 0 Å². The van der Waals surface area contributed by atoms with Crippen LogP contribution < -0.4 is 0 Å². The monoisotopic (exact) mass is 285 g/mol. The molecular formula is C17H23N3O. The SMILES string of the molecule is CCC(CC)C(=O)N(Cc1cnc2ccccn12)C1CC1. The van der Waals surface area contributed by atoms with Gasteiger partial charge in [-0.2, -0.15) is 0 Å². The smallest absolute Gasteiger partial charge is 0.226 e. The number of amides is 1. The molecular weight excluding hydrogens is 262 g/mol. The Hall–Kier alpha value is -1.84. The molecule has 112 valence electrons. The predicted molar refractivity (Wildman–Crippen MR) is 82.8 cm³/mol. The summed E-state index contributed by atoms with van der Waals surface area (Å²) >= 11 is 0. The van der Waals surface area contributed by atoms with Gasteiger partial charge in [0.15, 0.2) is 0 Å². The van der Waals surface area contributed by atoms with Crippen molar-refractivity contribution < 1.29 is 4.79 Å². The maximum Gasteiger partial charge on any atom is 0.226 e. The molecule has 2 aromatic rings. The normalized spacial score (nSPS) is 14.8. The van der Waals surface area contributed by atoms with E-state index in [1.807, 2.05) is 30.6 Å². The maximum atomic E-state index is 12.7. The fraction of sp³-hybridized carbons (Fsp3) is 0.529. The molecule has 0 spiro atoms. The third-order valence-electron chi connectivity index (χ3n) is 4.43. The second kappa shape index (κ2) is 5.88. The molecule has 3 rings (SSSR count). The first-order chi connectivity index (χ1) is 10.2. The van der Waals surface area contributed by atoms with Crippen molar-refractivity contribution in [1.82, 2.24) is 14.3 Å². The zero-order chi connectivity index (χ0) is 14.8. The number of imidazole rings is 1. The van der Waals surface area contributed by atoms with E-state index in [1.54, 1.807) is 0 Å². The Bertz CT molecular complexity index is 626. The molecule has 21 heavy (non-hydrogen) atoms. The second-order valence-electron chi connectivity index (χ2n) is 5.89. The summed E-state index contributed by atoms with van der Waals surface area (Å²) < 4.78 is 2.08. The Morgan fingerprint density at radius 3 is 2.81 bits per heavy atom. The lowest BCUT2D eigenvalue weighted by molar-refractivity contribution is -0.137. The summed E-state index contributed by atoms with van der Waals surface area (Å²) in [4.78, 5) is 19.2. The molecule has 0 saturated heterocycles. The molecule has 0 N–H and O–H groups in total. The van der Waals surface area contributed by atoms with Crippen molar-refractivity contribution in [2.24, 2.45) is 5.92 Å². The van der Waals surface area contributed by atoms with Crippen LogP contribution in [-0.2, 0) is 11.3 Å². The van der Waals surface area contributed by atoms with Crippen molar-refractivity contribution in [2.45, 2.75) is 52.1 Å². The van der Waals surface area contributed by atoms with Gasteiger partial charge in [-0.3, -0.25) is 4.79 Å². The average molecular weight is 285 g/mol. The summed E-state index contributed by atoms with van der Waals surface area (Å²) in [6, 6.07) is 6.42. The predicted octanol–water partition coefficient (Wildman–Crippen LogP) is 3.26. The van der Waals surface area contributed by atoms with Crippen molar-refractivity contribution in [3.8, 4) is 0 Å². The third kappa shape index (κ3) is 2.80. The Morgan fingerprint density at radius 1 is 1.38 bits per heavy atom. The number of aromatic nitrogens is 2. The van der Waals surface area contributed by atoms with E-state index >= 15 is 0 Å². The lowest BCUT2D eigenvalue weighted by atomic mass is 10.0. The first-order valence-corrected chi connectivity index (χ1v) is 7.96. The van der Waals surface area contributed by atoms with Gasteiger partial charge in [0, 0.05) is 18.2 Å². The van der Waals surface area contributed by atoms with Gasteiger partial charge < -0.3 is 9.30 Å². The van der Waals surface area contributed by atoms with Gasteiger partial charge >= 0.3 is 0 Å². The van der Waals surface area contributed by atoms with Crippen LogP contribution >= 0.6 is 0 Å². The zero-order valence-corrected chi connectivity index (χ0v) is 12.8. The fourth-order valence-electron chi connectivity index (χ4n) is 2.92. The summed E-state index contributed by atoms with van der Waals surface area (Å²) in [7, 11) is 0. The van der Waals surface area contributed by atoms with Crippen molar-refractivity contribution in [3.05, 3.63) is 36.3 Å². The van der Waals surface area contributed by atoms with Crippen LogP contribution in [-0.4, -0.2) is 26.2 Å². The first-order valence-electron chi connectivity index (χ1n) is 7.96. The molecule has 0 aliphatic heterocycles. The lowest BCUT2D eigenvalue weighted by Gasteiger charge is -2.26. The van der Waals surface area contributed by atoms with Gasteiger partial charge in [-0.15, -0.1) is 0 Å². The highest BCUT2D eigenvalue weighted by atomic mass is 16.2. The number of pyridine rings is 1. The van der Waals surface area contributed by atoms with Gasteiger partial charge in [0.1, 0.15) is 5.65 Å². The van der Waals surface area contributed by atoms with Gasteiger partial charge in [-0.05, 0) is 37.8 Å². The summed E-state index contributed by atoms with van der Waals surface area (Å²) in [6.07, 6.45) is 8.04. The van der Waals surface area contributed by atoms with Gasteiger partial charge in [0.2, 0.25) is 5.91 Å². The molecule has 0 radical (unpaired) electrons. The maximum absolute atomic E-state index is 12.7. The molecule has 1 aliphatic rings. The molecule has 2 aromatic heterocycles. The number of nitrogens with zero attached hydrogens (tertiary/aromatic N) is 3. The van der Waals surface area contributed by atoms with Gasteiger partial charge in [-0.1, -0.05) is 19.9 Å². The van der Waals surface area contributed by atoms with Crippen LogP contribution in [0.5, 0.6) is 0 Å². The Balaban J connectivity index is 1.84. The Kier molecular flexibility index (Phi) is 3.95. The number of carbonyl (C=O) groups excluding carboxylic acids is 1. The topological polar surface area (TPSA) is 37.6 Å². The Morgan fingerprint density at radius 2 is 2.14 bits per heavy atom. The number of fused-ring (bicyclic) bond motifs is 1. The number of hydrogen-bond donors (Lipinski definition) is 0. The van der Waals surface area contributed by atoms with Crippen molar-refractivity contribution in [3.63, 3.8) is 0 Å². The van der Waals surface area contributed by atoms with E-state index in [9.17, 15) is 4.79 Å². The van der Waals surface area contributed by atoms with Crippen LogP contribution in [0.4, 0.5) is 0 Å². The van der Waals surface area contributed by atoms with Crippen molar-refractivity contribution in [2.75, 3.05) is 0 Å². The summed E-state index contributed by atoms with van der Waals surface area (Å²) in [5, 5.41) is 0. The van der Waals surface area contributed by atoms with Crippen LogP contribution in [0.25, 0.3) is 5.65 Å². The molecule has 1 amide bonds. The van der Waals surface area contributed by atoms with Crippen molar-refractivity contribution in [1.29, 1.82) is 0 Å². The van der Waals surface area contributed by atoms with Crippen LogP contribution in [0.2, 0.25) is 0 Å². The highest BCUT2D eigenvalue weighted by molar-refractivity contribution is 5.79. The van der Waals surface area contributed by atoms with Gasteiger partial charge in [0.25, 0.3) is 0 Å². The highest BCUT2D eigenvalue weighted by Gasteiger charge is 2.35. The van der Waals surface area contributed by atoms with Crippen molar-refractivity contribution >= 4 is 11.6 Å². The fourth-order valence-corrected chi connectivity index (χ4v) is 2.92. The Labute approximate surface area is 125 Å². The molecule has 0 atom stereocenters. The number of hydrogen-bond acceptors (Lipinski definition) is 2. The summed E-state index contributed by atoms with van der Waals surface area (Å²) in [5.41, 5.74) is 2.04. The molecule has 0 aromatic carbocycles. The molecule has 0 unspecified atom stereocenters. The van der Waals surface area contributed by atoms with E-state index in [0.717, 1.165) is 37.0 Å². The molecule has 4 nitrogen and oxygen atoms in total. The third-order valence-corrected chi connectivity index (χ3v) is 4.43. The molecule has 0 bridgehead atoms. The second-order valence-corrected chi connectivity index (χ2v) is 5.89. The van der Waals surface area contributed by atoms with Crippen LogP contribution in [0.1, 0.15) is 45.2 Å². The van der Waals surface area contributed by atoms with E-state index in [2.05, 4.69) is 28.1 Å². The molecule has 1 aliphatic carbocycles. The highest BCUT2D eigenvalue weighted by Crippen LogP contribution is 2.30. The largest absolute Gasteiger partial charge is 0.334 e. The molecule has 2 heterocycles. The number of rotatable bonds is 6. The molecule has 1 fully saturated rings. The van der Waals surface area contributed by atoms with Crippen LogP contribution in [0.15, 0.2) is 30.6 Å². The van der Waals surface area contributed by atoms with E-state index in [0.29, 0.717) is 18.5 Å². The van der Waals surface area contributed by atoms with Gasteiger partial charge in [0.05, 0.1) is 18.4 Å². The van der Waals surface area contributed by atoms with Crippen LogP contribution in [0.3, 0.4) is 0 Å². The lowest BCUT2D eigenvalue weighted by Crippen LogP contribution is -2.37. The van der Waals surface area contributed by atoms with Crippen LogP contribution in [0, 0.1) is 5.92 Å². The summed E-state index contributed by atoms with van der Waals surface area (Å²) in [6.45, 7) is 4.88. The number of carbonyl (C=O) groups is 1.